The molecular weight excluding hydrogens is 206 g/mol. The first-order chi connectivity index (χ1) is 7.14. The lowest BCUT2D eigenvalue weighted by atomic mass is 10.0. The van der Waals surface area contributed by atoms with Gasteiger partial charge in [0.1, 0.15) is 0 Å². The molecule has 0 amide bonds. The van der Waals surface area contributed by atoms with Gasteiger partial charge in [0.25, 0.3) is 6.47 Å². The molecule has 0 aliphatic heterocycles. The third-order valence-electron chi connectivity index (χ3n) is 2.08. The molecule has 0 spiro atoms. The van der Waals surface area contributed by atoms with Crippen LogP contribution in [0.4, 0.5) is 8.78 Å². The molecule has 1 unspecified atom stereocenters. The molecular formula is C10H12F2O3. The Bertz CT molecular complexity index is 268. The third-order valence-corrected chi connectivity index (χ3v) is 2.08. The maximum Gasteiger partial charge on any atom is 0.308 e. The highest BCUT2D eigenvalue weighted by Crippen LogP contribution is 2.24. The van der Waals surface area contributed by atoms with Gasteiger partial charge in [0, 0.05) is 12.8 Å². The van der Waals surface area contributed by atoms with Gasteiger partial charge in [-0.25, -0.2) is 0 Å². The summed E-state index contributed by atoms with van der Waals surface area (Å²) in [6.07, 6.45) is 0.563. The lowest BCUT2D eigenvalue weighted by molar-refractivity contribution is -0.147. The van der Waals surface area contributed by atoms with Crippen LogP contribution in [0.25, 0.3) is 0 Å². The van der Waals surface area contributed by atoms with E-state index in [0.717, 1.165) is 0 Å². The van der Waals surface area contributed by atoms with E-state index in [1.165, 1.54) is 0 Å². The van der Waals surface area contributed by atoms with E-state index in [4.69, 9.17) is 4.74 Å². The number of hydrogen-bond acceptors (Lipinski definition) is 3. The molecule has 0 aromatic rings. The minimum absolute atomic E-state index is 0.187. The Balaban J connectivity index is 2.37. The van der Waals surface area contributed by atoms with Crippen LogP contribution in [0.3, 0.4) is 0 Å². The second-order valence-electron chi connectivity index (χ2n) is 3.25. The topological polar surface area (TPSA) is 35.5 Å². The molecule has 1 atom stereocenters. The zero-order valence-corrected chi connectivity index (χ0v) is 8.17. The van der Waals surface area contributed by atoms with Crippen molar-refractivity contribution in [2.75, 3.05) is 6.79 Å². The van der Waals surface area contributed by atoms with Crippen LogP contribution < -0.4 is 0 Å². The normalized spacial score (nSPS) is 24.3. The smallest absolute Gasteiger partial charge is 0.308 e. The minimum Gasteiger partial charge on any atom is -0.441 e. The molecule has 5 heteroatoms. The van der Waals surface area contributed by atoms with Gasteiger partial charge in [-0.3, -0.25) is 4.79 Å². The molecule has 1 rings (SSSR count). The summed E-state index contributed by atoms with van der Waals surface area (Å²) in [5.74, 6) is 1.41. The summed E-state index contributed by atoms with van der Waals surface area (Å²) in [6, 6.07) is 0. The Morgan fingerprint density at radius 3 is 3.00 bits per heavy atom. The van der Waals surface area contributed by atoms with Crippen molar-refractivity contribution in [2.24, 2.45) is 0 Å². The standard InChI is InChI=1S/C10H12F2O3/c11-10(12)5-2-1-3-9(4-6-10)15-8-14-7-13/h7,9H,1,3-4,6,8H2. The minimum atomic E-state index is -2.92. The summed E-state index contributed by atoms with van der Waals surface area (Å²) in [7, 11) is 0. The molecule has 0 saturated carbocycles. The first kappa shape index (κ1) is 11.9. The molecule has 0 radical (unpaired) electrons. The van der Waals surface area contributed by atoms with Crippen molar-refractivity contribution in [2.45, 2.75) is 37.7 Å². The lowest BCUT2D eigenvalue weighted by Gasteiger charge is -2.19. The summed E-state index contributed by atoms with van der Waals surface area (Å²) >= 11 is 0. The van der Waals surface area contributed by atoms with Gasteiger partial charge < -0.3 is 9.47 Å². The predicted octanol–water partition coefficient (Wildman–Crippen LogP) is 1.71. The van der Waals surface area contributed by atoms with E-state index in [9.17, 15) is 13.6 Å². The van der Waals surface area contributed by atoms with Crippen molar-refractivity contribution < 1.29 is 23.0 Å². The van der Waals surface area contributed by atoms with Crippen LogP contribution in [0, 0.1) is 11.8 Å². The maximum absolute atomic E-state index is 12.9. The molecule has 0 aromatic carbocycles. The molecule has 0 aromatic heterocycles. The summed E-state index contributed by atoms with van der Waals surface area (Å²) in [4.78, 5) is 9.83. The highest BCUT2D eigenvalue weighted by molar-refractivity contribution is 5.36. The van der Waals surface area contributed by atoms with Crippen LogP contribution in [0.5, 0.6) is 0 Å². The Morgan fingerprint density at radius 2 is 2.27 bits per heavy atom. The van der Waals surface area contributed by atoms with E-state index in [1.54, 1.807) is 0 Å². The van der Waals surface area contributed by atoms with Gasteiger partial charge >= 0.3 is 5.92 Å². The molecule has 84 valence electrons. The number of ether oxygens (including phenoxy) is 2. The van der Waals surface area contributed by atoms with Crippen LogP contribution in [-0.2, 0) is 14.3 Å². The molecule has 1 aliphatic rings. The number of carbonyl (C=O) groups excluding carboxylic acids is 1. The summed E-state index contributed by atoms with van der Waals surface area (Å²) in [5.41, 5.74) is 0. The van der Waals surface area contributed by atoms with Gasteiger partial charge in [-0.2, -0.15) is 8.78 Å². The van der Waals surface area contributed by atoms with Crippen LogP contribution in [-0.4, -0.2) is 25.3 Å². The fraction of sp³-hybridized carbons (Fsp3) is 0.700. The van der Waals surface area contributed by atoms with Crippen molar-refractivity contribution in [3.8, 4) is 11.8 Å². The van der Waals surface area contributed by atoms with Crippen molar-refractivity contribution in [3.63, 3.8) is 0 Å². The van der Waals surface area contributed by atoms with Crippen molar-refractivity contribution in [1.82, 2.24) is 0 Å². The highest BCUT2D eigenvalue weighted by atomic mass is 19.3. The number of halogens is 2. The summed E-state index contributed by atoms with van der Waals surface area (Å²) < 4.78 is 35.2. The van der Waals surface area contributed by atoms with Crippen molar-refractivity contribution >= 4 is 6.47 Å². The van der Waals surface area contributed by atoms with Crippen LogP contribution in [0.15, 0.2) is 0 Å². The second kappa shape index (κ2) is 5.66. The Morgan fingerprint density at radius 1 is 1.47 bits per heavy atom. The number of hydrogen-bond donors (Lipinski definition) is 0. The van der Waals surface area contributed by atoms with Gasteiger partial charge in [-0.1, -0.05) is 5.92 Å². The molecule has 0 fully saturated rings. The second-order valence-corrected chi connectivity index (χ2v) is 3.25. The van der Waals surface area contributed by atoms with E-state index in [2.05, 4.69) is 10.7 Å². The lowest BCUT2D eigenvalue weighted by Crippen LogP contribution is -2.22. The average Bonchev–Trinajstić information content (AvgIpc) is 2.17. The highest BCUT2D eigenvalue weighted by Gasteiger charge is 2.28. The molecule has 1 aliphatic carbocycles. The van der Waals surface area contributed by atoms with Gasteiger partial charge in [0.15, 0.2) is 6.79 Å². The van der Waals surface area contributed by atoms with E-state index in [0.29, 0.717) is 12.8 Å². The molecule has 0 heterocycles. The van der Waals surface area contributed by atoms with Gasteiger partial charge in [0.2, 0.25) is 0 Å². The summed E-state index contributed by atoms with van der Waals surface area (Å²) in [5, 5.41) is 0. The number of rotatable bonds is 4. The van der Waals surface area contributed by atoms with Crippen LogP contribution in [0.1, 0.15) is 25.7 Å². The van der Waals surface area contributed by atoms with Gasteiger partial charge in [-0.15, -0.1) is 0 Å². The molecule has 3 nitrogen and oxygen atoms in total. The Labute approximate surface area is 86.7 Å². The first-order valence-electron chi connectivity index (χ1n) is 4.69. The molecule has 15 heavy (non-hydrogen) atoms. The summed E-state index contributed by atoms with van der Waals surface area (Å²) in [6.45, 7) is 0.0739. The van der Waals surface area contributed by atoms with Crippen molar-refractivity contribution in [1.29, 1.82) is 0 Å². The number of carbonyl (C=O) groups is 1. The molecule has 0 N–H and O–H groups in total. The van der Waals surface area contributed by atoms with Crippen molar-refractivity contribution in [3.05, 3.63) is 0 Å². The zero-order chi connectivity index (χ0) is 11.1. The Kier molecular flexibility index (Phi) is 4.50. The van der Waals surface area contributed by atoms with E-state index in [-0.39, 0.29) is 32.2 Å². The quantitative estimate of drug-likeness (QED) is 0.312. The average molecular weight is 218 g/mol. The van der Waals surface area contributed by atoms with E-state index >= 15 is 0 Å². The molecule has 0 saturated heterocycles. The molecule has 0 bridgehead atoms. The SMILES string of the molecule is O=COCOC1CCC#CC(F)(F)CC1. The van der Waals surface area contributed by atoms with Gasteiger partial charge in [0.05, 0.1) is 6.10 Å². The predicted molar refractivity (Wildman–Crippen MR) is 48.1 cm³/mol. The van der Waals surface area contributed by atoms with E-state index in [1.807, 2.05) is 5.92 Å². The number of alkyl halides is 2. The largest absolute Gasteiger partial charge is 0.441 e. The van der Waals surface area contributed by atoms with Crippen LogP contribution >= 0.6 is 0 Å². The Hall–Kier alpha value is -1.15. The first-order valence-corrected chi connectivity index (χ1v) is 4.69. The zero-order valence-electron chi connectivity index (χ0n) is 8.17. The fourth-order valence-electron chi connectivity index (χ4n) is 1.30. The monoisotopic (exact) mass is 218 g/mol. The van der Waals surface area contributed by atoms with E-state index < -0.39 is 5.92 Å². The van der Waals surface area contributed by atoms with Crippen LogP contribution in [0.2, 0.25) is 0 Å². The van der Waals surface area contributed by atoms with Gasteiger partial charge in [-0.05, 0) is 18.8 Å². The maximum atomic E-state index is 12.9. The fourth-order valence-corrected chi connectivity index (χ4v) is 1.30. The third kappa shape index (κ3) is 4.75.